The number of aryl methyl sites for hydroxylation is 10. The third-order valence-corrected chi connectivity index (χ3v) is 22.8. The average molecular weight is 1370 g/mol. The Balaban J connectivity index is 0.746. The number of ketones is 1. The molecule has 1 atom stereocenters. The van der Waals surface area contributed by atoms with Crippen molar-refractivity contribution in [2.75, 3.05) is 43.4 Å². The van der Waals surface area contributed by atoms with Crippen molar-refractivity contribution in [2.24, 2.45) is 0 Å². The number of carbonyl (C=O) groups is 2. The zero-order chi connectivity index (χ0) is 68.9. The van der Waals surface area contributed by atoms with Crippen LogP contribution in [0.1, 0.15) is 248 Å². The van der Waals surface area contributed by atoms with Gasteiger partial charge in [-0.3, -0.25) is 15.1 Å². The number of hydrogen-bond acceptors (Lipinski definition) is 9. The summed E-state index contributed by atoms with van der Waals surface area (Å²) >= 11 is 0. The molecule has 0 heterocycles. The van der Waals surface area contributed by atoms with Gasteiger partial charge in [0.2, 0.25) is 0 Å². The van der Waals surface area contributed by atoms with Crippen molar-refractivity contribution in [3.05, 3.63) is 183 Å². The van der Waals surface area contributed by atoms with Gasteiger partial charge in [0.1, 0.15) is 25.9 Å². The monoisotopic (exact) mass is 1360 g/mol. The fourth-order valence-electron chi connectivity index (χ4n) is 14.9. The Morgan fingerprint density at radius 1 is 0.388 bits per heavy atom. The van der Waals surface area contributed by atoms with Crippen molar-refractivity contribution in [1.29, 1.82) is 0 Å². The molecule has 0 bridgehead atoms. The van der Waals surface area contributed by atoms with E-state index in [1.807, 2.05) is 0 Å². The molecule has 0 aliphatic carbocycles. The molecule has 9 heteroatoms. The Labute approximate surface area is 599 Å². The van der Waals surface area contributed by atoms with Crippen molar-refractivity contribution in [2.45, 2.75) is 267 Å². The van der Waals surface area contributed by atoms with E-state index in [0.717, 1.165) is 55.2 Å². The molecule has 8 rings (SSSR count). The highest BCUT2D eigenvalue weighted by atomic mass is 33.1. The summed E-state index contributed by atoms with van der Waals surface area (Å²) in [6, 6.07) is 44.3. The molecule has 530 valence electrons. The molecule has 8 aromatic rings. The summed E-state index contributed by atoms with van der Waals surface area (Å²) in [4.78, 5) is 32.9. The van der Waals surface area contributed by atoms with Gasteiger partial charge in [-0.2, -0.15) is 0 Å². The van der Waals surface area contributed by atoms with Crippen molar-refractivity contribution < 1.29 is 28.6 Å². The SMILES string of the molecule is CCCCCCCCCCCCCCOCC(=O)OCC(CSSCC(=O)COCc1cc(C)c(CCCCCCCCCCc2c(C)cc(C)c3ccccc23)c2ccccc12)ONc1cc(C)c(CCCCCCCCCCc2c(C)cc(C)c3ccccc23)c2ccccc12. The molecule has 98 heavy (non-hydrogen) atoms. The highest BCUT2D eigenvalue weighted by Crippen LogP contribution is 2.35. The first-order valence-electron chi connectivity index (χ1n) is 38.5. The van der Waals surface area contributed by atoms with E-state index in [1.54, 1.807) is 10.8 Å². The van der Waals surface area contributed by atoms with E-state index in [4.69, 9.17) is 19.0 Å². The van der Waals surface area contributed by atoms with Gasteiger partial charge in [-0.1, -0.05) is 291 Å². The molecule has 0 radical (unpaired) electrons. The fourth-order valence-corrected chi connectivity index (χ4v) is 17.0. The van der Waals surface area contributed by atoms with Gasteiger partial charge in [-0.25, -0.2) is 4.79 Å². The first-order valence-corrected chi connectivity index (χ1v) is 40.9. The van der Waals surface area contributed by atoms with Crippen LogP contribution in [0, 0.1) is 41.5 Å². The molecule has 8 aromatic carbocycles. The molecule has 1 N–H and O–H groups in total. The largest absolute Gasteiger partial charge is 0.461 e. The minimum Gasteiger partial charge on any atom is -0.461 e. The zero-order valence-electron chi connectivity index (χ0n) is 61.5. The Morgan fingerprint density at radius 2 is 0.765 bits per heavy atom. The standard InChI is InChI=1S/C89H121NO6S2/c1-8-9-10-11-12-13-14-15-20-25-30-43-56-93-64-89(92)95-63-75(96-90-88-60-72(7)81(86-54-41-42-55-87(86)88)47-34-29-24-19-17-22-27-32-45-77-68(3)58-70(5)79-49-36-39-52-84(77)79)66-98-97-65-74(91)62-94-61-73-59-71(6)80(85-53-40-37-50-82(73)85)46-33-28-23-18-16-21-26-31-44-76-67(2)57-69(4)78-48-35-38-51-83(76)78/h35-42,48-55,57-60,75,90H,8-34,43-47,56,61-66H2,1-7H3. The predicted octanol–water partition coefficient (Wildman–Crippen LogP) is 25.1. The molecule has 0 amide bonds. The summed E-state index contributed by atoms with van der Waals surface area (Å²) in [5.74, 6) is 0.415. The van der Waals surface area contributed by atoms with Gasteiger partial charge < -0.3 is 14.2 Å². The maximum atomic E-state index is 13.4. The summed E-state index contributed by atoms with van der Waals surface area (Å²) in [7, 11) is 3.03. The third-order valence-electron chi connectivity index (χ3n) is 20.4. The quantitative estimate of drug-likeness (QED) is 0.0173. The van der Waals surface area contributed by atoms with Gasteiger partial charge in [0.05, 0.1) is 18.0 Å². The maximum Gasteiger partial charge on any atom is 0.332 e. The lowest BCUT2D eigenvalue weighted by atomic mass is 9.92. The molecular formula is C89H121NO6S2. The summed E-state index contributed by atoms with van der Waals surface area (Å²) < 4.78 is 17.8. The second kappa shape index (κ2) is 44.5. The first-order chi connectivity index (χ1) is 48.0. The minimum atomic E-state index is -0.489. The Hall–Kier alpha value is -5.68. The fraction of sp³-hybridized carbons (Fsp3) is 0.528. The van der Waals surface area contributed by atoms with Gasteiger partial charge in [-0.05, 0) is 204 Å². The van der Waals surface area contributed by atoms with Crippen LogP contribution in [0.3, 0.4) is 0 Å². The highest BCUT2D eigenvalue weighted by Gasteiger charge is 2.19. The molecule has 0 aromatic heterocycles. The number of rotatable bonds is 51. The van der Waals surface area contributed by atoms with E-state index in [2.05, 4.69) is 175 Å². The van der Waals surface area contributed by atoms with Gasteiger partial charge in [-0.15, -0.1) is 0 Å². The second-order valence-electron chi connectivity index (χ2n) is 28.4. The average Bonchev–Trinajstić information content (AvgIpc) is 0.818. The van der Waals surface area contributed by atoms with E-state index in [9.17, 15) is 9.59 Å². The number of unbranched alkanes of at least 4 members (excludes halogenated alkanes) is 25. The van der Waals surface area contributed by atoms with Gasteiger partial charge in [0.25, 0.3) is 0 Å². The van der Waals surface area contributed by atoms with Crippen LogP contribution in [0.15, 0.2) is 121 Å². The molecular weight excluding hydrogens is 1240 g/mol. The minimum absolute atomic E-state index is 0.0323. The van der Waals surface area contributed by atoms with E-state index >= 15 is 0 Å². The van der Waals surface area contributed by atoms with Crippen LogP contribution in [0.4, 0.5) is 5.69 Å². The van der Waals surface area contributed by atoms with Crippen LogP contribution in [0.2, 0.25) is 0 Å². The molecule has 1 unspecified atom stereocenters. The van der Waals surface area contributed by atoms with Crippen molar-refractivity contribution in [3.8, 4) is 0 Å². The number of Topliss-reactive ketones (excluding diaryl/α,β-unsaturated/α-hetero) is 1. The Bertz CT molecular complexity index is 3690. The van der Waals surface area contributed by atoms with Crippen LogP contribution in [-0.2, 0) is 60.9 Å². The molecule has 0 spiro atoms. The van der Waals surface area contributed by atoms with Gasteiger partial charge in [0, 0.05) is 17.7 Å². The van der Waals surface area contributed by atoms with E-state index in [-0.39, 0.29) is 25.6 Å². The number of nitrogens with one attached hydrogen (secondary N) is 1. The third kappa shape index (κ3) is 25.7. The summed E-state index contributed by atoms with van der Waals surface area (Å²) in [6.45, 7) is 16.7. The molecule has 0 aliphatic rings. The maximum absolute atomic E-state index is 13.4. The number of hydrogen-bond donors (Lipinski definition) is 1. The topological polar surface area (TPSA) is 83.1 Å². The van der Waals surface area contributed by atoms with Crippen molar-refractivity contribution in [3.63, 3.8) is 0 Å². The number of esters is 1. The van der Waals surface area contributed by atoms with Gasteiger partial charge in [0.15, 0.2) is 5.78 Å². The second-order valence-corrected chi connectivity index (χ2v) is 30.9. The molecule has 0 aliphatic heterocycles. The normalized spacial score (nSPS) is 12.0. The summed E-state index contributed by atoms with van der Waals surface area (Å²) in [5.41, 5.74) is 19.4. The molecule has 7 nitrogen and oxygen atoms in total. The van der Waals surface area contributed by atoms with Crippen LogP contribution in [-0.4, -0.2) is 55.8 Å². The van der Waals surface area contributed by atoms with Crippen LogP contribution < -0.4 is 5.48 Å². The summed E-state index contributed by atoms with van der Waals surface area (Å²) in [5, 5.41) is 10.5. The van der Waals surface area contributed by atoms with E-state index in [0.29, 0.717) is 24.7 Å². The molecule has 0 saturated carbocycles. The Kier molecular flexibility index (Phi) is 35.5. The lowest BCUT2D eigenvalue weighted by Crippen LogP contribution is -2.28. The zero-order valence-corrected chi connectivity index (χ0v) is 63.1. The molecule has 0 saturated heterocycles. The number of carbonyl (C=O) groups excluding carboxylic acids is 2. The van der Waals surface area contributed by atoms with Crippen molar-refractivity contribution in [1.82, 2.24) is 0 Å². The van der Waals surface area contributed by atoms with Crippen LogP contribution >= 0.6 is 21.6 Å². The number of ether oxygens (including phenoxy) is 3. The number of fused-ring (bicyclic) bond motifs is 4. The predicted molar refractivity (Wildman–Crippen MR) is 424 cm³/mol. The lowest BCUT2D eigenvalue weighted by Gasteiger charge is -2.20. The first kappa shape index (κ1) is 78.0. The van der Waals surface area contributed by atoms with Gasteiger partial charge >= 0.3 is 5.97 Å². The Morgan fingerprint density at radius 3 is 1.23 bits per heavy atom. The number of benzene rings is 8. The van der Waals surface area contributed by atoms with Crippen LogP contribution in [0.5, 0.6) is 0 Å². The highest BCUT2D eigenvalue weighted by molar-refractivity contribution is 8.76. The summed E-state index contributed by atoms with van der Waals surface area (Å²) in [6.07, 6.45) is 39.6. The molecule has 0 fully saturated rings. The lowest BCUT2D eigenvalue weighted by molar-refractivity contribution is -0.152. The number of anilines is 1. The smallest absolute Gasteiger partial charge is 0.332 e. The van der Waals surface area contributed by atoms with Crippen LogP contribution in [0.25, 0.3) is 43.1 Å². The van der Waals surface area contributed by atoms with Crippen molar-refractivity contribution >= 4 is 82.1 Å². The van der Waals surface area contributed by atoms with E-state index in [1.165, 1.54) is 271 Å². The van der Waals surface area contributed by atoms with E-state index < -0.39 is 12.1 Å².